The summed E-state index contributed by atoms with van der Waals surface area (Å²) in [5.74, 6) is -0.0251. The van der Waals surface area contributed by atoms with E-state index in [0.717, 1.165) is 28.8 Å². The van der Waals surface area contributed by atoms with E-state index in [-0.39, 0.29) is 17.2 Å². The normalized spacial score (nSPS) is 26.3. The highest BCUT2D eigenvalue weighted by molar-refractivity contribution is 5.67. The summed E-state index contributed by atoms with van der Waals surface area (Å²) in [6, 6.07) is 8.62. The number of fused-ring (bicyclic) bond motifs is 5. The van der Waals surface area contributed by atoms with Crippen molar-refractivity contribution in [3.63, 3.8) is 0 Å². The zero-order chi connectivity index (χ0) is 14.8. The Labute approximate surface area is 123 Å². The molecule has 1 aromatic heterocycles. The molecule has 0 radical (unpaired) electrons. The minimum absolute atomic E-state index is 0.249. The maximum absolute atomic E-state index is 13.9. The molecule has 2 bridgehead atoms. The molecule has 0 saturated heterocycles. The fourth-order valence-electron chi connectivity index (χ4n) is 3.63. The van der Waals surface area contributed by atoms with E-state index in [1.54, 1.807) is 12.1 Å². The second kappa shape index (κ2) is 3.88. The molecular formula is C18H15FN2. The lowest BCUT2D eigenvalue weighted by Crippen LogP contribution is -2.22. The quantitative estimate of drug-likeness (QED) is 0.732. The number of hydrogen-bond acceptors (Lipinski definition) is 2. The van der Waals surface area contributed by atoms with Crippen molar-refractivity contribution in [2.24, 2.45) is 0 Å². The van der Waals surface area contributed by atoms with Gasteiger partial charge in [0.1, 0.15) is 5.82 Å². The highest BCUT2D eigenvalue weighted by Crippen LogP contribution is 2.61. The molecule has 0 aliphatic heterocycles. The number of benzene rings is 1. The number of halogens is 1. The highest BCUT2D eigenvalue weighted by atomic mass is 19.1. The minimum atomic E-state index is -0.274. The van der Waals surface area contributed by atoms with Crippen molar-refractivity contribution in [3.05, 3.63) is 71.7 Å². The summed E-state index contributed by atoms with van der Waals surface area (Å²) in [5, 5.41) is 8.64. The van der Waals surface area contributed by atoms with E-state index in [2.05, 4.69) is 30.3 Å². The van der Waals surface area contributed by atoms with Crippen LogP contribution in [0.4, 0.5) is 4.39 Å². The molecule has 3 heteroatoms. The number of hydrogen-bond donors (Lipinski definition) is 0. The van der Waals surface area contributed by atoms with Gasteiger partial charge in [-0.25, -0.2) is 4.39 Å². The van der Waals surface area contributed by atoms with E-state index >= 15 is 0 Å². The number of rotatable bonds is 1. The number of nitrogens with zero attached hydrogens (tertiary/aromatic N) is 2. The van der Waals surface area contributed by atoms with E-state index < -0.39 is 0 Å². The first-order valence-electron chi connectivity index (χ1n) is 7.04. The Hall–Kier alpha value is -2.29. The van der Waals surface area contributed by atoms with Gasteiger partial charge in [-0.05, 0) is 37.1 Å². The second-order valence-electron chi connectivity index (χ2n) is 6.02. The Kier molecular flexibility index (Phi) is 2.30. The fourth-order valence-corrected chi connectivity index (χ4v) is 3.63. The largest absolute Gasteiger partial charge is 0.206 e. The van der Waals surface area contributed by atoms with Crippen LogP contribution in [0.3, 0.4) is 0 Å². The van der Waals surface area contributed by atoms with Crippen LogP contribution in [0, 0.1) is 5.82 Å². The number of aromatic nitrogens is 2. The van der Waals surface area contributed by atoms with Crippen LogP contribution in [0.1, 0.15) is 30.5 Å². The molecule has 0 unspecified atom stereocenters. The molecule has 104 valence electrons. The lowest BCUT2D eigenvalue weighted by atomic mass is 9.80. The van der Waals surface area contributed by atoms with Gasteiger partial charge in [0, 0.05) is 11.5 Å². The SMILES string of the molecule is C=C1C[C@H]2C(=C)[C@]1(C)c1nnc(-c3ccccc3F)cc12. The van der Waals surface area contributed by atoms with Crippen molar-refractivity contribution in [2.45, 2.75) is 24.7 Å². The van der Waals surface area contributed by atoms with Gasteiger partial charge in [-0.2, -0.15) is 10.2 Å². The first kappa shape index (κ1) is 12.5. The van der Waals surface area contributed by atoms with Gasteiger partial charge < -0.3 is 0 Å². The smallest absolute Gasteiger partial charge is 0.132 e. The zero-order valence-corrected chi connectivity index (χ0v) is 11.9. The third kappa shape index (κ3) is 1.41. The van der Waals surface area contributed by atoms with Crippen LogP contribution >= 0.6 is 0 Å². The minimum Gasteiger partial charge on any atom is -0.206 e. The molecule has 21 heavy (non-hydrogen) atoms. The van der Waals surface area contributed by atoms with Crippen LogP contribution in [0.2, 0.25) is 0 Å². The monoisotopic (exact) mass is 278 g/mol. The third-order valence-corrected chi connectivity index (χ3v) is 5.04. The van der Waals surface area contributed by atoms with E-state index in [1.807, 2.05) is 12.1 Å². The molecule has 0 amide bonds. The van der Waals surface area contributed by atoms with Crippen LogP contribution < -0.4 is 0 Å². The summed E-state index contributed by atoms with van der Waals surface area (Å²) in [6.45, 7) is 10.5. The van der Waals surface area contributed by atoms with Crippen molar-refractivity contribution >= 4 is 0 Å². The highest BCUT2D eigenvalue weighted by Gasteiger charge is 2.53. The summed E-state index contributed by atoms with van der Waals surface area (Å²) < 4.78 is 13.9. The fraction of sp³-hybridized carbons (Fsp3) is 0.222. The predicted molar refractivity (Wildman–Crippen MR) is 80.4 cm³/mol. The van der Waals surface area contributed by atoms with Crippen molar-refractivity contribution < 1.29 is 4.39 Å². The molecule has 2 atom stereocenters. The molecule has 0 spiro atoms. The van der Waals surface area contributed by atoms with Gasteiger partial charge in [-0.15, -0.1) is 0 Å². The second-order valence-corrected chi connectivity index (χ2v) is 6.02. The molecule has 2 aliphatic carbocycles. The third-order valence-electron chi connectivity index (χ3n) is 5.04. The van der Waals surface area contributed by atoms with Gasteiger partial charge in [0.2, 0.25) is 0 Å². The average molecular weight is 278 g/mol. The Bertz CT molecular complexity index is 809. The van der Waals surface area contributed by atoms with E-state index in [9.17, 15) is 4.39 Å². The van der Waals surface area contributed by atoms with Crippen LogP contribution in [0.15, 0.2) is 54.6 Å². The van der Waals surface area contributed by atoms with Gasteiger partial charge in [0.05, 0.1) is 16.8 Å². The van der Waals surface area contributed by atoms with Crippen LogP contribution in [-0.2, 0) is 5.41 Å². The van der Waals surface area contributed by atoms with Crippen LogP contribution in [0.25, 0.3) is 11.3 Å². The maximum atomic E-state index is 13.9. The molecule has 1 fully saturated rings. The Balaban J connectivity index is 1.91. The average Bonchev–Trinajstić information content (AvgIpc) is 2.83. The van der Waals surface area contributed by atoms with Crippen LogP contribution in [-0.4, -0.2) is 10.2 Å². The van der Waals surface area contributed by atoms with Crippen molar-refractivity contribution in [1.82, 2.24) is 10.2 Å². The molecular weight excluding hydrogens is 263 g/mol. The van der Waals surface area contributed by atoms with E-state index in [1.165, 1.54) is 6.07 Å². The zero-order valence-electron chi connectivity index (χ0n) is 11.9. The van der Waals surface area contributed by atoms with Crippen LogP contribution in [0.5, 0.6) is 0 Å². The molecule has 1 heterocycles. The van der Waals surface area contributed by atoms with E-state index in [4.69, 9.17) is 0 Å². The Morgan fingerprint density at radius 2 is 2.00 bits per heavy atom. The van der Waals surface area contributed by atoms with Gasteiger partial charge in [0.25, 0.3) is 0 Å². The summed E-state index contributed by atoms with van der Waals surface area (Å²) in [7, 11) is 0. The Morgan fingerprint density at radius 1 is 1.24 bits per heavy atom. The van der Waals surface area contributed by atoms with Crippen molar-refractivity contribution in [1.29, 1.82) is 0 Å². The van der Waals surface area contributed by atoms with Gasteiger partial charge >= 0.3 is 0 Å². The first-order valence-corrected chi connectivity index (χ1v) is 7.04. The standard InChI is InChI=1S/C18H15FN2/c1-10-8-13-11(2)18(10,3)17-14(13)9-16(20-21-17)12-6-4-5-7-15(12)19/h4-7,9,13H,1-2,8H2,3H3/t13-,18+/m0/s1. The van der Waals surface area contributed by atoms with Gasteiger partial charge in [-0.3, -0.25) is 0 Å². The summed E-state index contributed by atoms with van der Waals surface area (Å²) in [4.78, 5) is 0. The summed E-state index contributed by atoms with van der Waals surface area (Å²) in [5.41, 5.74) is 5.17. The predicted octanol–water partition coefficient (Wildman–Crippen LogP) is 4.15. The molecule has 1 aromatic carbocycles. The number of allylic oxidation sites excluding steroid dienone is 2. The molecule has 0 N–H and O–H groups in total. The van der Waals surface area contributed by atoms with E-state index in [0.29, 0.717) is 11.3 Å². The maximum Gasteiger partial charge on any atom is 0.132 e. The molecule has 2 aromatic rings. The lowest BCUT2D eigenvalue weighted by Gasteiger charge is -2.25. The van der Waals surface area contributed by atoms with Gasteiger partial charge in [-0.1, -0.05) is 36.4 Å². The Morgan fingerprint density at radius 3 is 2.76 bits per heavy atom. The summed E-state index contributed by atoms with van der Waals surface area (Å²) in [6.07, 6.45) is 0.907. The summed E-state index contributed by atoms with van der Waals surface area (Å²) >= 11 is 0. The topological polar surface area (TPSA) is 25.8 Å². The van der Waals surface area contributed by atoms with Crippen molar-refractivity contribution in [2.75, 3.05) is 0 Å². The lowest BCUT2D eigenvalue weighted by molar-refractivity contribution is 0.628. The molecule has 2 nitrogen and oxygen atoms in total. The molecule has 4 rings (SSSR count). The first-order chi connectivity index (χ1) is 10.0. The molecule has 1 saturated carbocycles. The molecule has 2 aliphatic rings. The van der Waals surface area contributed by atoms with Crippen molar-refractivity contribution in [3.8, 4) is 11.3 Å². The van der Waals surface area contributed by atoms with Gasteiger partial charge in [0.15, 0.2) is 0 Å².